The molecule has 6 heteroatoms. The number of carbonyl (C=O) groups excluding carboxylic acids is 1. The minimum atomic E-state index is -0.123. The standard InChI is InChI=1S/C14H18N4O.ClH/c1-10-13(14(19)16-9-8-15)11(2)18(17-10)12-6-4-3-5-7-12;/h3-7H,8-9,15H2,1-2H3,(H,16,19);1H. The van der Waals surface area contributed by atoms with Crippen molar-refractivity contribution in [1.29, 1.82) is 0 Å². The van der Waals surface area contributed by atoms with Crippen molar-refractivity contribution in [2.24, 2.45) is 5.73 Å². The summed E-state index contributed by atoms with van der Waals surface area (Å²) in [4.78, 5) is 12.1. The first-order valence-electron chi connectivity index (χ1n) is 6.25. The van der Waals surface area contributed by atoms with Crippen LogP contribution in [-0.2, 0) is 0 Å². The Morgan fingerprint density at radius 1 is 1.30 bits per heavy atom. The molecule has 20 heavy (non-hydrogen) atoms. The van der Waals surface area contributed by atoms with Crippen LogP contribution in [0, 0.1) is 13.8 Å². The van der Waals surface area contributed by atoms with Crippen LogP contribution < -0.4 is 11.1 Å². The highest BCUT2D eigenvalue weighted by Crippen LogP contribution is 2.17. The summed E-state index contributed by atoms with van der Waals surface area (Å²) in [7, 11) is 0. The van der Waals surface area contributed by atoms with Gasteiger partial charge in [-0.3, -0.25) is 4.79 Å². The Hall–Kier alpha value is -1.85. The topological polar surface area (TPSA) is 72.9 Å². The summed E-state index contributed by atoms with van der Waals surface area (Å²) in [5.41, 5.74) is 8.51. The number of para-hydroxylation sites is 1. The van der Waals surface area contributed by atoms with Crippen LogP contribution >= 0.6 is 12.4 Å². The number of rotatable bonds is 4. The number of aryl methyl sites for hydroxylation is 1. The average molecular weight is 295 g/mol. The largest absolute Gasteiger partial charge is 0.351 e. The molecular formula is C14H19ClN4O. The lowest BCUT2D eigenvalue weighted by Gasteiger charge is -2.05. The minimum absolute atomic E-state index is 0. The summed E-state index contributed by atoms with van der Waals surface area (Å²) in [6.07, 6.45) is 0. The number of nitrogens with one attached hydrogen (secondary N) is 1. The Bertz CT molecular complexity index is 580. The number of hydrogen-bond acceptors (Lipinski definition) is 3. The number of carbonyl (C=O) groups is 1. The molecule has 2 rings (SSSR count). The lowest BCUT2D eigenvalue weighted by molar-refractivity contribution is 0.0953. The van der Waals surface area contributed by atoms with E-state index < -0.39 is 0 Å². The Morgan fingerprint density at radius 3 is 2.55 bits per heavy atom. The van der Waals surface area contributed by atoms with E-state index in [0.717, 1.165) is 17.1 Å². The molecule has 1 amide bonds. The highest BCUT2D eigenvalue weighted by molar-refractivity contribution is 5.96. The lowest BCUT2D eigenvalue weighted by atomic mass is 10.2. The highest BCUT2D eigenvalue weighted by atomic mass is 35.5. The molecule has 5 nitrogen and oxygen atoms in total. The SMILES string of the molecule is Cc1nn(-c2ccccc2)c(C)c1C(=O)NCCN.Cl. The molecule has 0 saturated heterocycles. The summed E-state index contributed by atoms with van der Waals surface area (Å²) < 4.78 is 1.78. The summed E-state index contributed by atoms with van der Waals surface area (Å²) >= 11 is 0. The Labute approximate surface area is 124 Å². The minimum Gasteiger partial charge on any atom is -0.351 e. The fourth-order valence-corrected chi connectivity index (χ4v) is 2.07. The molecule has 1 aromatic carbocycles. The molecule has 1 aromatic heterocycles. The van der Waals surface area contributed by atoms with Crippen molar-refractivity contribution in [2.45, 2.75) is 13.8 Å². The Morgan fingerprint density at radius 2 is 1.95 bits per heavy atom. The van der Waals surface area contributed by atoms with Gasteiger partial charge in [-0.1, -0.05) is 18.2 Å². The molecule has 3 N–H and O–H groups in total. The Balaban J connectivity index is 0.00000200. The first-order valence-corrected chi connectivity index (χ1v) is 6.25. The van der Waals surface area contributed by atoms with E-state index in [9.17, 15) is 4.79 Å². The van der Waals surface area contributed by atoms with E-state index in [0.29, 0.717) is 18.7 Å². The first kappa shape index (κ1) is 16.2. The van der Waals surface area contributed by atoms with Gasteiger partial charge in [0, 0.05) is 13.1 Å². The van der Waals surface area contributed by atoms with Crippen molar-refractivity contribution in [1.82, 2.24) is 15.1 Å². The van der Waals surface area contributed by atoms with Crippen LogP contribution in [0.2, 0.25) is 0 Å². The zero-order valence-electron chi connectivity index (χ0n) is 11.6. The summed E-state index contributed by atoms with van der Waals surface area (Å²) in [5.74, 6) is -0.123. The molecule has 0 fully saturated rings. The Kier molecular flexibility index (Phi) is 5.73. The van der Waals surface area contributed by atoms with E-state index in [2.05, 4.69) is 10.4 Å². The third-order valence-electron chi connectivity index (χ3n) is 2.95. The predicted octanol–water partition coefficient (Wildman–Crippen LogP) is 1.60. The molecule has 0 radical (unpaired) electrons. The van der Waals surface area contributed by atoms with E-state index in [-0.39, 0.29) is 18.3 Å². The van der Waals surface area contributed by atoms with Gasteiger partial charge in [-0.05, 0) is 26.0 Å². The fourth-order valence-electron chi connectivity index (χ4n) is 2.07. The van der Waals surface area contributed by atoms with Gasteiger partial charge in [-0.15, -0.1) is 12.4 Å². The number of hydrogen-bond donors (Lipinski definition) is 2. The van der Waals surface area contributed by atoms with Crippen LogP contribution in [0.25, 0.3) is 5.69 Å². The first-order chi connectivity index (χ1) is 9.15. The van der Waals surface area contributed by atoms with Gasteiger partial charge in [-0.2, -0.15) is 5.10 Å². The van der Waals surface area contributed by atoms with Crippen molar-refractivity contribution >= 4 is 18.3 Å². The molecule has 0 unspecified atom stereocenters. The number of aromatic nitrogens is 2. The van der Waals surface area contributed by atoms with Crippen molar-refractivity contribution < 1.29 is 4.79 Å². The van der Waals surface area contributed by atoms with Gasteiger partial charge < -0.3 is 11.1 Å². The van der Waals surface area contributed by atoms with Crippen molar-refractivity contribution in [3.63, 3.8) is 0 Å². The van der Waals surface area contributed by atoms with E-state index >= 15 is 0 Å². The number of halogens is 1. The molecule has 0 spiro atoms. The maximum Gasteiger partial charge on any atom is 0.255 e. The molecule has 1 heterocycles. The molecule has 0 aliphatic carbocycles. The smallest absolute Gasteiger partial charge is 0.255 e. The molecule has 2 aromatic rings. The van der Waals surface area contributed by atoms with Crippen molar-refractivity contribution in [3.8, 4) is 5.69 Å². The van der Waals surface area contributed by atoms with Crippen LogP contribution in [0.15, 0.2) is 30.3 Å². The molecule has 0 saturated carbocycles. The zero-order chi connectivity index (χ0) is 13.8. The molecule has 0 bridgehead atoms. The van der Waals surface area contributed by atoms with E-state index in [1.807, 2.05) is 44.2 Å². The third-order valence-corrected chi connectivity index (χ3v) is 2.95. The van der Waals surface area contributed by atoms with Gasteiger partial charge >= 0.3 is 0 Å². The second kappa shape index (κ2) is 7.07. The third kappa shape index (κ3) is 3.18. The highest BCUT2D eigenvalue weighted by Gasteiger charge is 2.18. The maximum absolute atomic E-state index is 12.1. The van der Waals surface area contributed by atoms with Crippen LogP contribution in [0.5, 0.6) is 0 Å². The quantitative estimate of drug-likeness (QED) is 0.899. The monoisotopic (exact) mass is 294 g/mol. The summed E-state index contributed by atoms with van der Waals surface area (Å²) in [6, 6.07) is 9.76. The summed E-state index contributed by atoms with van der Waals surface area (Å²) in [5, 5.41) is 7.21. The number of nitrogens with zero attached hydrogens (tertiary/aromatic N) is 2. The number of amides is 1. The maximum atomic E-state index is 12.1. The van der Waals surface area contributed by atoms with E-state index in [1.54, 1.807) is 4.68 Å². The molecule has 0 aliphatic rings. The molecular weight excluding hydrogens is 276 g/mol. The molecule has 108 valence electrons. The van der Waals surface area contributed by atoms with Crippen LogP contribution in [-0.4, -0.2) is 28.8 Å². The number of benzene rings is 1. The second-order valence-electron chi connectivity index (χ2n) is 4.34. The van der Waals surface area contributed by atoms with Crippen molar-refractivity contribution in [3.05, 3.63) is 47.3 Å². The molecule has 0 atom stereocenters. The number of nitrogens with two attached hydrogens (primary N) is 1. The van der Waals surface area contributed by atoms with Gasteiger partial charge in [-0.25, -0.2) is 4.68 Å². The summed E-state index contributed by atoms with van der Waals surface area (Å²) in [6.45, 7) is 4.62. The normalized spacial score (nSPS) is 9.95. The fraction of sp³-hybridized carbons (Fsp3) is 0.286. The zero-order valence-corrected chi connectivity index (χ0v) is 12.4. The van der Waals surface area contributed by atoms with Gasteiger partial charge in [0.05, 0.1) is 22.6 Å². The van der Waals surface area contributed by atoms with Crippen LogP contribution in [0.1, 0.15) is 21.7 Å². The lowest BCUT2D eigenvalue weighted by Crippen LogP contribution is -2.29. The van der Waals surface area contributed by atoms with E-state index in [1.165, 1.54) is 0 Å². The van der Waals surface area contributed by atoms with Gasteiger partial charge in [0.15, 0.2) is 0 Å². The average Bonchev–Trinajstić information content (AvgIpc) is 2.72. The van der Waals surface area contributed by atoms with Crippen molar-refractivity contribution in [2.75, 3.05) is 13.1 Å². The second-order valence-corrected chi connectivity index (χ2v) is 4.34. The predicted molar refractivity (Wildman–Crippen MR) is 81.7 cm³/mol. The van der Waals surface area contributed by atoms with Crippen LogP contribution in [0.3, 0.4) is 0 Å². The van der Waals surface area contributed by atoms with Gasteiger partial charge in [0.1, 0.15) is 0 Å². The van der Waals surface area contributed by atoms with E-state index in [4.69, 9.17) is 5.73 Å². The van der Waals surface area contributed by atoms with Gasteiger partial charge in [0.25, 0.3) is 5.91 Å². The molecule has 0 aliphatic heterocycles. The van der Waals surface area contributed by atoms with Gasteiger partial charge in [0.2, 0.25) is 0 Å². The van der Waals surface area contributed by atoms with Crippen LogP contribution in [0.4, 0.5) is 0 Å².